The zero-order valence-electron chi connectivity index (χ0n) is 15.8. The van der Waals surface area contributed by atoms with Crippen molar-refractivity contribution in [3.8, 4) is 11.4 Å². The van der Waals surface area contributed by atoms with Crippen LogP contribution in [-0.4, -0.2) is 25.4 Å². The highest BCUT2D eigenvalue weighted by Crippen LogP contribution is 2.19. The highest BCUT2D eigenvalue weighted by atomic mass is 35.5. The number of halogens is 2. The maximum absolute atomic E-state index is 13.6. The first-order chi connectivity index (χ1) is 14.4. The Kier molecular flexibility index (Phi) is 5.24. The van der Waals surface area contributed by atoms with Gasteiger partial charge in [-0.05, 0) is 48.9 Å². The van der Waals surface area contributed by atoms with E-state index in [1.54, 1.807) is 43.3 Å². The number of benzene rings is 2. The lowest BCUT2D eigenvalue weighted by atomic mass is 10.2. The van der Waals surface area contributed by atoms with E-state index < -0.39 is 17.3 Å². The molecule has 0 saturated heterocycles. The van der Waals surface area contributed by atoms with Gasteiger partial charge in [0, 0.05) is 22.5 Å². The van der Waals surface area contributed by atoms with Gasteiger partial charge >= 0.3 is 0 Å². The van der Waals surface area contributed by atoms with Crippen LogP contribution in [0, 0.1) is 12.7 Å². The molecule has 2 heterocycles. The van der Waals surface area contributed by atoms with E-state index in [-0.39, 0.29) is 17.6 Å². The molecule has 0 unspecified atom stereocenters. The molecule has 0 aliphatic heterocycles. The number of amides is 1. The molecular formula is C21H15ClFN5O2. The minimum atomic E-state index is -0.486. The highest BCUT2D eigenvalue weighted by Gasteiger charge is 2.12. The van der Waals surface area contributed by atoms with Crippen molar-refractivity contribution in [2.24, 2.45) is 0 Å². The highest BCUT2D eigenvalue weighted by molar-refractivity contribution is 6.30. The predicted octanol–water partition coefficient (Wildman–Crippen LogP) is 3.59. The van der Waals surface area contributed by atoms with Crippen LogP contribution in [-0.2, 0) is 11.3 Å². The Labute approximate surface area is 175 Å². The van der Waals surface area contributed by atoms with Crippen molar-refractivity contribution in [3.63, 3.8) is 0 Å². The molecule has 0 aliphatic carbocycles. The Bertz CT molecular complexity index is 1320. The number of carbonyl (C=O) groups is 1. The molecule has 9 heteroatoms. The molecule has 0 spiro atoms. The Balaban J connectivity index is 1.57. The number of anilines is 1. The van der Waals surface area contributed by atoms with Crippen molar-refractivity contribution in [2.75, 3.05) is 5.32 Å². The first-order valence-corrected chi connectivity index (χ1v) is 9.32. The summed E-state index contributed by atoms with van der Waals surface area (Å²) in [5.41, 5.74) is 1.28. The molecule has 0 bridgehead atoms. The fraction of sp³-hybridized carbons (Fsp3) is 0.0952. The van der Waals surface area contributed by atoms with Crippen molar-refractivity contribution >= 4 is 34.2 Å². The molecule has 4 rings (SSSR count). The molecule has 1 N–H and O–H groups in total. The Morgan fingerprint density at radius 3 is 2.67 bits per heavy atom. The van der Waals surface area contributed by atoms with Gasteiger partial charge in [-0.15, -0.1) is 0 Å². The monoisotopic (exact) mass is 423 g/mol. The summed E-state index contributed by atoms with van der Waals surface area (Å²) in [6, 6.07) is 11.3. The van der Waals surface area contributed by atoms with E-state index in [0.29, 0.717) is 22.1 Å². The Hall–Kier alpha value is -3.65. The van der Waals surface area contributed by atoms with Crippen molar-refractivity contribution < 1.29 is 9.18 Å². The van der Waals surface area contributed by atoms with E-state index >= 15 is 0 Å². The topological polar surface area (TPSA) is 89.8 Å². The largest absolute Gasteiger partial charge is 0.324 e. The zero-order valence-corrected chi connectivity index (χ0v) is 16.5. The summed E-state index contributed by atoms with van der Waals surface area (Å²) in [4.78, 5) is 37.7. The third-order valence-electron chi connectivity index (χ3n) is 4.45. The first-order valence-electron chi connectivity index (χ1n) is 8.95. The van der Waals surface area contributed by atoms with Crippen molar-refractivity contribution in [3.05, 3.63) is 81.7 Å². The maximum atomic E-state index is 13.6. The SMILES string of the molecule is Cc1ccc(NC(=O)Cn2cnc3nc(-c4ccc(Cl)cc4)ncc3c2=O)cc1F. The molecule has 4 aromatic rings. The number of nitrogens with zero attached hydrogens (tertiary/aromatic N) is 4. The van der Waals surface area contributed by atoms with E-state index in [4.69, 9.17) is 11.6 Å². The number of hydrogen-bond acceptors (Lipinski definition) is 5. The lowest BCUT2D eigenvalue weighted by molar-refractivity contribution is -0.116. The summed E-state index contributed by atoms with van der Waals surface area (Å²) in [6.07, 6.45) is 2.63. The second-order valence-electron chi connectivity index (χ2n) is 6.63. The van der Waals surface area contributed by atoms with Gasteiger partial charge in [-0.25, -0.2) is 19.3 Å². The van der Waals surface area contributed by atoms with Crippen LogP contribution in [0.15, 0.2) is 59.8 Å². The number of aromatic nitrogens is 4. The number of carbonyl (C=O) groups excluding carboxylic acids is 1. The molecular weight excluding hydrogens is 409 g/mol. The zero-order chi connectivity index (χ0) is 21.3. The summed E-state index contributed by atoms with van der Waals surface area (Å²) in [7, 11) is 0. The average molecular weight is 424 g/mol. The summed E-state index contributed by atoms with van der Waals surface area (Å²) >= 11 is 5.89. The number of fused-ring (bicyclic) bond motifs is 1. The molecule has 0 fully saturated rings. The van der Waals surface area contributed by atoms with Gasteiger partial charge in [-0.3, -0.25) is 14.2 Å². The summed E-state index contributed by atoms with van der Waals surface area (Å²) < 4.78 is 14.8. The van der Waals surface area contributed by atoms with Gasteiger partial charge in [0.2, 0.25) is 5.91 Å². The predicted molar refractivity (Wildman–Crippen MR) is 112 cm³/mol. The molecule has 7 nitrogen and oxygen atoms in total. The fourth-order valence-corrected chi connectivity index (χ4v) is 2.96. The Morgan fingerprint density at radius 1 is 1.17 bits per heavy atom. The molecule has 30 heavy (non-hydrogen) atoms. The van der Waals surface area contributed by atoms with Crippen molar-refractivity contribution in [2.45, 2.75) is 13.5 Å². The quantitative estimate of drug-likeness (QED) is 0.541. The van der Waals surface area contributed by atoms with Gasteiger partial charge in [0.25, 0.3) is 5.56 Å². The average Bonchev–Trinajstić information content (AvgIpc) is 2.73. The van der Waals surface area contributed by atoms with Crippen LogP contribution >= 0.6 is 11.6 Å². The number of nitrogens with one attached hydrogen (secondary N) is 1. The first kappa shape index (κ1) is 19.7. The van der Waals surface area contributed by atoms with Gasteiger partial charge in [0.05, 0.1) is 0 Å². The van der Waals surface area contributed by atoms with Crippen LogP contribution in [0.2, 0.25) is 5.02 Å². The molecule has 0 aliphatic rings. The number of rotatable bonds is 4. The standard InChI is InChI=1S/C21H15ClFN5O2/c1-12-2-7-15(8-17(12)23)26-18(29)10-28-11-25-20-16(21(28)30)9-24-19(27-20)13-3-5-14(22)6-4-13/h2-9,11H,10H2,1H3,(H,26,29). The summed E-state index contributed by atoms with van der Waals surface area (Å²) in [5, 5.41) is 3.34. The van der Waals surface area contributed by atoms with Crippen LogP contribution in [0.5, 0.6) is 0 Å². The van der Waals surface area contributed by atoms with E-state index in [1.807, 2.05) is 0 Å². The van der Waals surface area contributed by atoms with Crippen LogP contribution in [0.1, 0.15) is 5.56 Å². The van der Waals surface area contributed by atoms with Crippen LogP contribution in [0.3, 0.4) is 0 Å². The molecule has 0 saturated carbocycles. The Morgan fingerprint density at radius 2 is 1.93 bits per heavy atom. The fourth-order valence-electron chi connectivity index (χ4n) is 2.83. The van der Waals surface area contributed by atoms with E-state index in [9.17, 15) is 14.0 Å². The van der Waals surface area contributed by atoms with Gasteiger partial charge in [-0.2, -0.15) is 0 Å². The summed E-state index contributed by atoms with van der Waals surface area (Å²) in [5.74, 6) is -0.505. The van der Waals surface area contributed by atoms with Crippen molar-refractivity contribution in [1.29, 1.82) is 0 Å². The maximum Gasteiger partial charge on any atom is 0.264 e. The third-order valence-corrected chi connectivity index (χ3v) is 4.70. The molecule has 150 valence electrons. The lowest BCUT2D eigenvalue weighted by Gasteiger charge is -2.09. The number of aryl methyl sites for hydroxylation is 1. The molecule has 0 atom stereocenters. The van der Waals surface area contributed by atoms with E-state index in [0.717, 1.165) is 10.1 Å². The van der Waals surface area contributed by atoms with Crippen LogP contribution in [0.4, 0.5) is 10.1 Å². The minimum Gasteiger partial charge on any atom is -0.324 e. The van der Waals surface area contributed by atoms with Gasteiger partial charge in [-0.1, -0.05) is 17.7 Å². The van der Waals surface area contributed by atoms with E-state index in [1.165, 1.54) is 18.6 Å². The minimum absolute atomic E-state index is 0.185. The number of hydrogen-bond donors (Lipinski definition) is 1. The van der Waals surface area contributed by atoms with Crippen molar-refractivity contribution in [1.82, 2.24) is 19.5 Å². The van der Waals surface area contributed by atoms with Crippen LogP contribution in [0.25, 0.3) is 22.4 Å². The third kappa shape index (κ3) is 4.04. The molecule has 0 radical (unpaired) electrons. The summed E-state index contributed by atoms with van der Waals surface area (Å²) in [6.45, 7) is 1.35. The molecule has 2 aromatic heterocycles. The van der Waals surface area contributed by atoms with Gasteiger partial charge < -0.3 is 5.32 Å². The smallest absolute Gasteiger partial charge is 0.264 e. The second-order valence-corrected chi connectivity index (χ2v) is 7.06. The normalized spacial score (nSPS) is 10.9. The molecule has 1 amide bonds. The van der Waals surface area contributed by atoms with Gasteiger partial charge in [0.1, 0.15) is 24.1 Å². The second kappa shape index (κ2) is 8.00. The van der Waals surface area contributed by atoms with Gasteiger partial charge in [0.15, 0.2) is 11.5 Å². The van der Waals surface area contributed by atoms with Crippen LogP contribution < -0.4 is 10.9 Å². The molecule has 2 aromatic carbocycles. The lowest BCUT2D eigenvalue weighted by Crippen LogP contribution is -2.28. The van der Waals surface area contributed by atoms with E-state index in [2.05, 4.69) is 20.3 Å².